The first-order chi connectivity index (χ1) is 19.6. The van der Waals surface area contributed by atoms with Crippen LogP contribution in [0.4, 0.5) is 8.78 Å². The molecule has 3 heterocycles. The Morgan fingerprint density at radius 2 is 1.88 bits per heavy atom. The van der Waals surface area contributed by atoms with Crippen LogP contribution in [0.15, 0.2) is 89.6 Å². The number of rotatable bonds is 5. The molecular weight excluding hydrogens is 526 g/mol. The van der Waals surface area contributed by atoms with E-state index in [2.05, 4.69) is 12.1 Å². The Morgan fingerprint density at radius 3 is 2.63 bits per heavy atom. The Balaban J connectivity index is 1.29. The predicted molar refractivity (Wildman–Crippen MR) is 149 cm³/mol. The van der Waals surface area contributed by atoms with Gasteiger partial charge in [0.25, 0.3) is 0 Å². The minimum atomic E-state index is -1.82. The summed E-state index contributed by atoms with van der Waals surface area (Å²) in [5.41, 5.74) is 3.52. The highest BCUT2D eigenvalue weighted by atomic mass is 19.1. The van der Waals surface area contributed by atoms with Crippen LogP contribution in [0, 0.1) is 23.8 Å². The first-order valence-corrected chi connectivity index (χ1v) is 13.4. The maximum absolute atomic E-state index is 14.5. The molecule has 2 aromatic heterocycles. The molecule has 0 saturated heterocycles. The minimum Gasteiger partial charge on any atom is -0.619 e. The highest BCUT2D eigenvalue weighted by Gasteiger charge is 2.35. The van der Waals surface area contributed by atoms with E-state index in [1.165, 1.54) is 30.7 Å². The molecule has 0 aliphatic carbocycles. The molecule has 1 amide bonds. The Morgan fingerprint density at radius 1 is 1.10 bits per heavy atom. The Kier molecular flexibility index (Phi) is 6.58. The number of benzene rings is 3. The third-order valence-electron chi connectivity index (χ3n) is 7.86. The summed E-state index contributed by atoms with van der Waals surface area (Å²) in [6.07, 6.45) is 2.71. The second kappa shape index (κ2) is 10.1. The Labute approximate surface area is 235 Å². The number of pyridine rings is 1. The van der Waals surface area contributed by atoms with Gasteiger partial charge in [-0.3, -0.25) is 4.79 Å². The molecule has 1 N–H and O–H groups in total. The summed E-state index contributed by atoms with van der Waals surface area (Å²) in [6.45, 7) is 3.97. The van der Waals surface area contributed by atoms with Crippen LogP contribution >= 0.6 is 0 Å². The van der Waals surface area contributed by atoms with Crippen LogP contribution in [0.1, 0.15) is 52.1 Å². The molecule has 0 radical (unpaired) electrons. The van der Waals surface area contributed by atoms with Crippen molar-refractivity contribution in [1.29, 1.82) is 0 Å². The number of carbonyl (C=O) groups is 1. The monoisotopic (exact) mass is 554 g/mol. The number of aryl methyl sites for hydroxylation is 1. The second-order valence-electron chi connectivity index (χ2n) is 10.8. The molecular formula is C33H28F2N2O4. The minimum absolute atomic E-state index is 0.0714. The van der Waals surface area contributed by atoms with Gasteiger partial charge in [-0.15, -0.1) is 0 Å². The lowest BCUT2D eigenvalue weighted by Crippen LogP contribution is -2.41. The molecule has 0 spiro atoms. The van der Waals surface area contributed by atoms with E-state index >= 15 is 0 Å². The quantitative estimate of drug-likeness (QED) is 0.226. The molecule has 6 rings (SSSR count). The Hall–Kier alpha value is -4.56. The van der Waals surface area contributed by atoms with Crippen LogP contribution in [-0.2, 0) is 23.2 Å². The predicted octanol–water partition coefficient (Wildman–Crippen LogP) is 5.63. The zero-order valence-corrected chi connectivity index (χ0v) is 22.6. The number of nitrogens with zero attached hydrogens (tertiary/aromatic N) is 2. The Bertz CT molecular complexity index is 1780. The molecule has 41 heavy (non-hydrogen) atoms. The van der Waals surface area contributed by atoms with Crippen molar-refractivity contribution >= 4 is 16.9 Å². The van der Waals surface area contributed by atoms with Crippen LogP contribution in [0.3, 0.4) is 0 Å². The van der Waals surface area contributed by atoms with Gasteiger partial charge in [0.05, 0.1) is 12.5 Å². The number of hydrogen-bond acceptors (Lipinski definition) is 4. The van der Waals surface area contributed by atoms with Crippen molar-refractivity contribution in [3.63, 3.8) is 0 Å². The first-order valence-electron chi connectivity index (χ1n) is 13.4. The van der Waals surface area contributed by atoms with Crippen LogP contribution in [-0.4, -0.2) is 22.5 Å². The summed E-state index contributed by atoms with van der Waals surface area (Å²) in [5, 5.41) is 23.2. The molecule has 5 aromatic rings. The fourth-order valence-corrected chi connectivity index (χ4v) is 5.73. The number of hydrogen-bond donors (Lipinski definition) is 1. The van der Waals surface area contributed by atoms with Gasteiger partial charge in [0, 0.05) is 23.6 Å². The number of amides is 1. The number of aromatic nitrogens is 1. The second-order valence-corrected chi connectivity index (χ2v) is 10.8. The van der Waals surface area contributed by atoms with E-state index in [1.54, 1.807) is 30.3 Å². The third-order valence-corrected chi connectivity index (χ3v) is 7.86. The summed E-state index contributed by atoms with van der Waals surface area (Å²) in [6, 6.07) is 20.3. The fraction of sp³-hybridized carbons (Fsp3) is 0.212. The highest BCUT2D eigenvalue weighted by molar-refractivity contribution is 5.84. The summed E-state index contributed by atoms with van der Waals surface area (Å²) in [4.78, 5) is 15.6. The highest BCUT2D eigenvalue weighted by Crippen LogP contribution is 2.37. The van der Waals surface area contributed by atoms with E-state index in [9.17, 15) is 23.9 Å². The number of halogens is 2. The topological polar surface area (TPSA) is 80.6 Å². The van der Waals surface area contributed by atoms with E-state index in [0.717, 1.165) is 41.1 Å². The van der Waals surface area contributed by atoms with Gasteiger partial charge in [-0.1, -0.05) is 42.0 Å². The van der Waals surface area contributed by atoms with E-state index < -0.39 is 11.4 Å². The van der Waals surface area contributed by atoms with Crippen molar-refractivity contribution in [1.82, 2.24) is 4.90 Å². The van der Waals surface area contributed by atoms with E-state index in [4.69, 9.17) is 4.42 Å². The number of fused-ring (bicyclic) bond motifs is 2. The molecule has 2 atom stereocenters. The zero-order valence-electron chi connectivity index (χ0n) is 22.6. The molecule has 0 fully saturated rings. The van der Waals surface area contributed by atoms with Gasteiger partial charge in [-0.25, -0.2) is 4.39 Å². The maximum Gasteiger partial charge on any atom is 0.227 e. The molecule has 6 nitrogen and oxygen atoms in total. The molecule has 3 aromatic carbocycles. The van der Waals surface area contributed by atoms with Gasteiger partial charge in [0.2, 0.25) is 12.1 Å². The van der Waals surface area contributed by atoms with Crippen LogP contribution in [0.2, 0.25) is 0 Å². The molecule has 2 unspecified atom stereocenters. The van der Waals surface area contributed by atoms with Crippen LogP contribution in [0.5, 0.6) is 0 Å². The average Bonchev–Trinajstić information content (AvgIpc) is 3.37. The third kappa shape index (κ3) is 4.95. The van der Waals surface area contributed by atoms with Crippen molar-refractivity contribution in [2.75, 3.05) is 6.54 Å². The van der Waals surface area contributed by atoms with Gasteiger partial charge in [-0.05, 0) is 72.9 Å². The standard InChI is InChI=1S/C33H28F2N2O4/c1-20-3-9-26-23(15-20)11-14-37(32(26)22-5-7-25(34)8-6-22)31(38)17-21-4-10-29-24(16-21)18-30(41-29)33(2,39)27-12-13-36(40)19-28(27)35/h3-10,12-13,15-16,18-19,32,39H,11,14,17H2,1-2H3. The van der Waals surface area contributed by atoms with Gasteiger partial charge in [0.1, 0.15) is 22.8 Å². The average molecular weight is 555 g/mol. The molecule has 1 aliphatic heterocycles. The molecule has 208 valence electrons. The zero-order chi connectivity index (χ0) is 28.9. The SMILES string of the molecule is Cc1ccc2c(c1)CCN(C(=O)Cc1ccc3oc(C(C)(O)c4cc[n+]([O-])cc4F)cc3c1)C2c1ccc(F)cc1. The first kappa shape index (κ1) is 26.7. The smallest absolute Gasteiger partial charge is 0.227 e. The largest absolute Gasteiger partial charge is 0.619 e. The van der Waals surface area contributed by atoms with Gasteiger partial charge in [0.15, 0.2) is 12.0 Å². The number of carbonyl (C=O) groups excluding carboxylic acids is 1. The van der Waals surface area contributed by atoms with Crippen molar-refractivity contribution in [2.24, 2.45) is 0 Å². The van der Waals surface area contributed by atoms with Gasteiger partial charge >= 0.3 is 0 Å². The van der Waals surface area contributed by atoms with E-state index in [-0.39, 0.29) is 35.5 Å². The lowest BCUT2D eigenvalue weighted by molar-refractivity contribution is -0.607. The summed E-state index contributed by atoms with van der Waals surface area (Å²) in [7, 11) is 0. The molecule has 0 bridgehead atoms. The van der Waals surface area contributed by atoms with Crippen molar-refractivity contribution < 1.29 is 27.8 Å². The van der Waals surface area contributed by atoms with Crippen LogP contribution < -0.4 is 4.73 Å². The van der Waals surface area contributed by atoms with Crippen molar-refractivity contribution in [2.45, 2.75) is 38.3 Å². The number of furan rings is 1. The molecule has 0 saturated carbocycles. The molecule has 1 aliphatic rings. The summed E-state index contributed by atoms with van der Waals surface area (Å²) in [5.74, 6) is -1.15. The van der Waals surface area contributed by atoms with E-state index in [1.807, 2.05) is 24.0 Å². The van der Waals surface area contributed by atoms with Crippen molar-refractivity contribution in [3.8, 4) is 0 Å². The van der Waals surface area contributed by atoms with Crippen LogP contribution in [0.25, 0.3) is 11.0 Å². The summed E-state index contributed by atoms with van der Waals surface area (Å²) >= 11 is 0. The maximum atomic E-state index is 14.5. The van der Waals surface area contributed by atoms with Gasteiger partial charge in [-0.2, -0.15) is 9.12 Å². The fourth-order valence-electron chi connectivity index (χ4n) is 5.73. The number of aliphatic hydroxyl groups is 1. The van der Waals surface area contributed by atoms with E-state index in [0.29, 0.717) is 22.2 Å². The summed E-state index contributed by atoms with van der Waals surface area (Å²) < 4.78 is 34.4. The lowest BCUT2D eigenvalue weighted by atomic mass is 9.87. The van der Waals surface area contributed by atoms with Gasteiger partial charge < -0.3 is 19.6 Å². The van der Waals surface area contributed by atoms with Crippen molar-refractivity contribution in [3.05, 3.63) is 141 Å². The lowest BCUT2D eigenvalue weighted by Gasteiger charge is -2.38. The molecule has 8 heteroatoms. The normalized spacial score (nSPS) is 16.4.